The average Bonchev–Trinajstić information content (AvgIpc) is 2.54. The zero-order chi connectivity index (χ0) is 7.90. The van der Waals surface area contributed by atoms with Gasteiger partial charge in [0, 0.05) is 12.6 Å². The Kier molecular flexibility index (Phi) is 4.03. The molecule has 0 aromatic heterocycles. The third-order valence-corrected chi connectivity index (χ3v) is 2.83. The molecule has 1 saturated carbocycles. The fraction of sp³-hybridized carbons (Fsp3) is 0.700. The van der Waals surface area contributed by atoms with Gasteiger partial charge in [0.05, 0.1) is 0 Å². The van der Waals surface area contributed by atoms with E-state index in [1.807, 2.05) is 0 Å². The predicted molar refractivity (Wildman–Crippen MR) is 47.2 cm³/mol. The van der Waals surface area contributed by atoms with Crippen LogP contribution in [0, 0.1) is 12.3 Å². The first-order valence-electron chi connectivity index (χ1n) is 4.46. The summed E-state index contributed by atoms with van der Waals surface area (Å²) >= 11 is 0. The number of hydrogen-bond acceptors (Lipinski definition) is 1. The van der Waals surface area contributed by atoms with Crippen LogP contribution in [0.1, 0.15) is 19.8 Å². The maximum atomic E-state index is 4.21. The van der Waals surface area contributed by atoms with E-state index in [9.17, 15) is 0 Å². The molecular formula is C10H16KN. The molecule has 1 nitrogen and oxygen atoms in total. The largest absolute Gasteiger partial charge is 1.00 e. The number of nitrogens with zero attached hydrogens (tertiary/aromatic N) is 1. The van der Waals surface area contributed by atoms with Gasteiger partial charge in [0.25, 0.3) is 0 Å². The summed E-state index contributed by atoms with van der Waals surface area (Å²) in [5.74, 6) is 0. The van der Waals surface area contributed by atoms with Crippen LogP contribution in [-0.4, -0.2) is 24.0 Å². The topological polar surface area (TPSA) is 3.24 Å². The molecule has 1 aliphatic heterocycles. The van der Waals surface area contributed by atoms with Gasteiger partial charge in [-0.3, -0.25) is 4.90 Å². The van der Waals surface area contributed by atoms with Crippen molar-refractivity contribution in [3.05, 3.63) is 19.1 Å². The van der Waals surface area contributed by atoms with Crippen LogP contribution in [0.2, 0.25) is 0 Å². The summed E-state index contributed by atoms with van der Waals surface area (Å²) in [6.07, 6.45) is 7.20. The van der Waals surface area contributed by atoms with Crippen molar-refractivity contribution < 1.29 is 51.4 Å². The van der Waals surface area contributed by atoms with Gasteiger partial charge in [0.2, 0.25) is 0 Å². The minimum atomic E-state index is 0. The standard InChI is InChI=1S/C10H16N.K/c1-9-4-3-7-11(9)8-10(2)5-6-10;/h3-4,9H,2,5-8H2,1H3;/q-1;+1. The minimum absolute atomic E-state index is 0. The summed E-state index contributed by atoms with van der Waals surface area (Å²) in [4.78, 5) is 2.50. The fourth-order valence-corrected chi connectivity index (χ4v) is 1.66. The Labute approximate surface area is 118 Å². The van der Waals surface area contributed by atoms with E-state index in [0.29, 0.717) is 11.5 Å². The van der Waals surface area contributed by atoms with E-state index in [0.717, 1.165) is 6.54 Å². The van der Waals surface area contributed by atoms with Crippen LogP contribution in [0.5, 0.6) is 0 Å². The molecule has 1 heterocycles. The van der Waals surface area contributed by atoms with E-state index in [-0.39, 0.29) is 51.4 Å². The van der Waals surface area contributed by atoms with Crippen LogP contribution >= 0.6 is 0 Å². The van der Waals surface area contributed by atoms with Crippen LogP contribution in [0.4, 0.5) is 0 Å². The first kappa shape index (κ1) is 11.4. The summed E-state index contributed by atoms with van der Waals surface area (Å²) in [6.45, 7) is 8.80. The molecule has 0 aromatic rings. The van der Waals surface area contributed by atoms with Gasteiger partial charge in [-0.25, -0.2) is 0 Å². The molecule has 0 amide bonds. The first-order valence-corrected chi connectivity index (χ1v) is 4.46. The van der Waals surface area contributed by atoms with Crippen molar-refractivity contribution in [2.75, 3.05) is 13.1 Å². The third-order valence-electron chi connectivity index (χ3n) is 2.83. The third kappa shape index (κ3) is 2.66. The van der Waals surface area contributed by atoms with Crippen molar-refractivity contribution in [1.29, 1.82) is 0 Å². The monoisotopic (exact) mass is 189 g/mol. The Morgan fingerprint density at radius 1 is 1.58 bits per heavy atom. The molecule has 2 aliphatic rings. The quantitative estimate of drug-likeness (QED) is 0.302. The minimum Gasteiger partial charge on any atom is -0.336 e. The Morgan fingerprint density at radius 2 is 2.25 bits per heavy atom. The Bertz CT molecular complexity index is 184. The van der Waals surface area contributed by atoms with Gasteiger partial charge in [-0.2, -0.15) is 0 Å². The molecule has 1 atom stereocenters. The molecule has 1 unspecified atom stereocenters. The van der Waals surface area contributed by atoms with E-state index in [1.54, 1.807) is 0 Å². The molecule has 62 valence electrons. The van der Waals surface area contributed by atoms with E-state index in [4.69, 9.17) is 0 Å². The maximum Gasteiger partial charge on any atom is 1.00 e. The summed E-state index contributed by atoms with van der Waals surface area (Å²) in [6, 6.07) is 0.647. The Balaban J connectivity index is 0.000000720. The number of hydrogen-bond donors (Lipinski definition) is 0. The molecular weight excluding hydrogens is 173 g/mol. The normalized spacial score (nSPS) is 31.7. The van der Waals surface area contributed by atoms with Crippen molar-refractivity contribution >= 4 is 0 Å². The summed E-state index contributed by atoms with van der Waals surface area (Å²) < 4.78 is 0. The molecule has 2 rings (SSSR count). The van der Waals surface area contributed by atoms with Crippen molar-refractivity contribution in [2.24, 2.45) is 5.41 Å². The van der Waals surface area contributed by atoms with E-state index in [2.05, 4.69) is 30.9 Å². The summed E-state index contributed by atoms with van der Waals surface area (Å²) in [7, 11) is 0. The second-order valence-corrected chi connectivity index (χ2v) is 4.10. The first-order chi connectivity index (χ1) is 5.20. The van der Waals surface area contributed by atoms with Crippen LogP contribution in [0.25, 0.3) is 0 Å². The molecule has 2 heteroatoms. The Morgan fingerprint density at radius 3 is 2.67 bits per heavy atom. The van der Waals surface area contributed by atoms with Gasteiger partial charge >= 0.3 is 51.4 Å². The maximum absolute atomic E-state index is 4.21. The second kappa shape index (κ2) is 4.24. The second-order valence-electron chi connectivity index (χ2n) is 4.10. The van der Waals surface area contributed by atoms with Gasteiger partial charge in [0.15, 0.2) is 0 Å². The molecule has 1 fully saturated rings. The van der Waals surface area contributed by atoms with Crippen LogP contribution in [0.3, 0.4) is 0 Å². The summed E-state index contributed by atoms with van der Waals surface area (Å²) in [5.41, 5.74) is 0.431. The summed E-state index contributed by atoms with van der Waals surface area (Å²) in [5, 5.41) is 0. The average molecular weight is 189 g/mol. The van der Waals surface area contributed by atoms with E-state index < -0.39 is 0 Å². The predicted octanol–water partition coefficient (Wildman–Crippen LogP) is -1.14. The smallest absolute Gasteiger partial charge is 0.336 e. The van der Waals surface area contributed by atoms with Crippen LogP contribution < -0.4 is 51.4 Å². The van der Waals surface area contributed by atoms with Gasteiger partial charge in [-0.15, -0.1) is 5.41 Å². The van der Waals surface area contributed by atoms with Crippen molar-refractivity contribution in [1.82, 2.24) is 4.90 Å². The molecule has 0 N–H and O–H groups in total. The van der Waals surface area contributed by atoms with Gasteiger partial charge in [-0.05, 0) is 13.5 Å². The molecule has 0 radical (unpaired) electrons. The SMILES string of the molecule is [CH2-]C1(CN2CC=CC2C)CC1.[K+]. The van der Waals surface area contributed by atoms with Crippen molar-refractivity contribution in [3.63, 3.8) is 0 Å². The molecule has 0 saturated heterocycles. The van der Waals surface area contributed by atoms with E-state index in [1.165, 1.54) is 19.4 Å². The van der Waals surface area contributed by atoms with Crippen LogP contribution in [-0.2, 0) is 0 Å². The van der Waals surface area contributed by atoms with Gasteiger partial charge in [0.1, 0.15) is 0 Å². The molecule has 1 aliphatic carbocycles. The van der Waals surface area contributed by atoms with E-state index >= 15 is 0 Å². The van der Waals surface area contributed by atoms with Gasteiger partial charge < -0.3 is 6.92 Å². The van der Waals surface area contributed by atoms with Gasteiger partial charge in [-0.1, -0.05) is 25.0 Å². The molecule has 12 heavy (non-hydrogen) atoms. The number of rotatable bonds is 2. The molecule has 0 aromatic carbocycles. The van der Waals surface area contributed by atoms with Crippen LogP contribution in [0.15, 0.2) is 12.2 Å². The zero-order valence-electron chi connectivity index (χ0n) is 8.21. The van der Waals surface area contributed by atoms with Crippen molar-refractivity contribution in [2.45, 2.75) is 25.8 Å². The molecule has 0 spiro atoms. The Hall–Kier alpha value is 1.34. The fourth-order valence-electron chi connectivity index (χ4n) is 1.66. The van der Waals surface area contributed by atoms with Crippen molar-refractivity contribution in [3.8, 4) is 0 Å². The molecule has 0 bridgehead atoms. The zero-order valence-corrected chi connectivity index (χ0v) is 11.3.